The van der Waals surface area contributed by atoms with E-state index < -0.39 is 6.10 Å². The summed E-state index contributed by atoms with van der Waals surface area (Å²) in [4.78, 5) is 38.2. The van der Waals surface area contributed by atoms with Crippen LogP contribution in [0.2, 0.25) is 0 Å². The molecule has 0 fully saturated rings. The lowest BCUT2D eigenvalue weighted by Gasteiger charge is -2.18. The van der Waals surface area contributed by atoms with Crippen LogP contribution in [0.1, 0.15) is 323 Å². The number of hydrogen-bond acceptors (Lipinski definition) is 6. The minimum atomic E-state index is -0.772. The first-order chi connectivity index (χ1) is 32.5. The molecule has 6 heteroatoms. The van der Waals surface area contributed by atoms with E-state index in [2.05, 4.69) is 45.1 Å². The van der Waals surface area contributed by atoms with Gasteiger partial charge in [-0.15, -0.1) is 0 Å². The van der Waals surface area contributed by atoms with Crippen LogP contribution in [0, 0.1) is 0 Å². The number of unbranched alkanes of at least 4 members (excludes halogenated alkanes) is 39. The second kappa shape index (κ2) is 55.5. The monoisotopic (exact) mass is 929 g/mol. The molecule has 1 atom stereocenters. The molecular formula is C60H112O6. The van der Waals surface area contributed by atoms with Gasteiger partial charge in [-0.05, 0) is 51.4 Å². The molecule has 0 aliphatic heterocycles. The third kappa shape index (κ3) is 52.9. The van der Waals surface area contributed by atoms with Crippen molar-refractivity contribution in [2.45, 2.75) is 329 Å². The molecule has 0 aromatic rings. The van der Waals surface area contributed by atoms with Crippen LogP contribution in [-0.2, 0) is 28.6 Å². The van der Waals surface area contributed by atoms with Gasteiger partial charge in [0.15, 0.2) is 6.10 Å². The zero-order valence-electron chi connectivity index (χ0n) is 44.5. The van der Waals surface area contributed by atoms with Crippen molar-refractivity contribution in [2.75, 3.05) is 13.2 Å². The Kier molecular flexibility index (Phi) is 53.7. The van der Waals surface area contributed by atoms with Crippen molar-refractivity contribution in [3.63, 3.8) is 0 Å². The third-order valence-electron chi connectivity index (χ3n) is 13.2. The zero-order valence-corrected chi connectivity index (χ0v) is 44.5. The Morgan fingerprint density at radius 3 is 0.864 bits per heavy atom. The first-order valence-electron chi connectivity index (χ1n) is 29.3. The topological polar surface area (TPSA) is 78.9 Å². The van der Waals surface area contributed by atoms with Crippen LogP contribution in [0.4, 0.5) is 0 Å². The zero-order chi connectivity index (χ0) is 47.9. The van der Waals surface area contributed by atoms with E-state index in [1.54, 1.807) is 0 Å². The Hall–Kier alpha value is -2.11. The SMILES string of the molecule is CCCCC/C=C/C/C=C/CCCCCCCC(=O)OC[C@H](COC(=O)CCCCCCCCCCCCCCCCCCC)OC(=O)CCCCCCCCCCCCCCCCCC. The predicted octanol–water partition coefficient (Wildman–Crippen LogP) is 19.5. The Bertz CT molecular complexity index is 1070. The van der Waals surface area contributed by atoms with Crippen LogP contribution >= 0.6 is 0 Å². The van der Waals surface area contributed by atoms with Crippen molar-refractivity contribution >= 4 is 17.9 Å². The summed E-state index contributed by atoms with van der Waals surface area (Å²) < 4.78 is 16.9. The van der Waals surface area contributed by atoms with Crippen LogP contribution in [-0.4, -0.2) is 37.2 Å². The molecule has 0 aromatic heterocycles. The highest BCUT2D eigenvalue weighted by Gasteiger charge is 2.19. The summed E-state index contributed by atoms with van der Waals surface area (Å²) in [6.07, 6.45) is 64.5. The van der Waals surface area contributed by atoms with E-state index in [0.29, 0.717) is 19.3 Å². The third-order valence-corrected chi connectivity index (χ3v) is 13.2. The molecule has 0 heterocycles. The summed E-state index contributed by atoms with van der Waals surface area (Å²) >= 11 is 0. The summed E-state index contributed by atoms with van der Waals surface area (Å²) in [5, 5.41) is 0. The molecule has 66 heavy (non-hydrogen) atoms. The molecule has 6 nitrogen and oxygen atoms in total. The Balaban J connectivity index is 4.33. The van der Waals surface area contributed by atoms with Gasteiger partial charge in [0.1, 0.15) is 13.2 Å². The maximum Gasteiger partial charge on any atom is 0.306 e. The van der Waals surface area contributed by atoms with Gasteiger partial charge in [-0.3, -0.25) is 14.4 Å². The van der Waals surface area contributed by atoms with Crippen LogP contribution in [0.5, 0.6) is 0 Å². The fraction of sp³-hybridized carbons (Fsp3) is 0.883. The maximum absolute atomic E-state index is 12.9. The largest absolute Gasteiger partial charge is 0.462 e. The van der Waals surface area contributed by atoms with Gasteiger partial charge in [-0.1, -0.05) is 276 Å². The molecule has 0 saturated heterocycles. The van der Waals surface area contributed by atoms with Crippen LogP contribution < -0.4 is 0 Å². The molecule has 0 aliphatic rings. The van der Waals surface area contributed by atoms with Crippen LogP contribution in [0.25, 0.3) is 0 Å². The van der Waals surface area contributed by atoms with E-state index >= 15 is 0 Å². The first kappa shape index (κ1) is 63.9. The average molecular weight is 930 g/mol. The molecule has 0 amide bonds. The van der Waals surface area contributed by atoms with Gasteiger partial charge in [0, 0.05) is 19.3 Å². The molecule has 0 aliphatic carbocycles. The highest BCUT2D eigenvalue weighted by molar-refractivity contribution is 5.71. The van der Waals surface area contributed by atoms with Crippen molar-refractivity contribution < 1.29 is 28.6 Å². The van der Waals surface area contributed by atoms with Crippen LogP contribution in [0.3, 0.4) is 0 Å². The fourth-order valence-corrected chi connectivity index (χ4v) is 8.77. The number of esters is 3. The van der Waals surface area contributed by atoms with Crippen molar-refractivity contribution in [3.8, 4) is 0 Å². The van der Waals surface area contributed by atoms with Gasteiger partial charge in [-0.2, -0.15) is 0 Å². The van der Waals surface area contributed by atoms with E-state index in [9.17, 15) is 14.4 Å². The summed E-state index contributed by atoms with van der Waals surface area (Å²) in [6, 6.07) is 0. The molecule has 0 spiro atoms. The Labute approximate surface area is 411 Å². The van der Waals surface area contributed by atoms with Gasteiger partial charge in [0.25, 0.3) is 0 Å². The first-order valence-corrected chi connectivity index (χ1v) is 29.3. The number of rotatable bonds is 54. The smallest absolute Gasteiger partial charge is 0.306 e. The molecular weight excluding hydrogens is 817 g/mol. The molecule has 0 unspecified atom stereocenters. The lowest BCUT2D eigenvalue weighted by atomic mass is 10.0. The molecule has 388 valence electrons. The molecule has 0 bridgehead atoms. The van der Waals surface area contributed by atoms with Crippen LogP contribution in [0.15, 0.2) is 24.3 Å². The van der Waals surface area contributed by atoms with E-state index in [0.717, 1.165) is 77.0 Å². The van der Waals surface area contributed by atoms with Crippen molar-refractivity contribution in [1.29, 1.82) is 0 Å². The summed E-state index contributed by atoms with van der Waals surface area (Å²) in [6.45, 7) is 6.66. The molecule has 0 N–H and O–H groups in total. The van der Waals surface area contributed by atoms with Crippen molar-refractivity contribution in [1.82, 2.24) is 0 Å². The van der Waals surface area contributed by atoms with E-state index in [-0.39, 0.29) is 31.1 Å². The second-order valence-corrected chi connectivity index (χ2v) is 19.9. The maximum atomic E-state index is 12.9. The number of ether oxygens (including phenoxy) is 3. The van der Waals surface area contributed by atoms with E-state index in [1.807, 2.05) is 0 Å². The minimum Gasteiger partial charge on any atom is -0.462 e. The highest BCUT2D eigenvalue weighted by Crippen LogP contribution is 2.17. The summed E-state index contributed by atoms with van der Waals surface area (Å²) in [5.74, 6) is -0.861. The summed E-state index contributed by atoms with van der Waals surface area (Å²) in [7, 11) is 0. The van der Waals surface area contributed by atoms with Gasteiger partial charge in [0.2, 0.25) is 0 Å². The quantitative estimate of drug-likeness (QED) is 0.0262. The number of carbonyl (C=O) groups is 3. The normalized spacial score (nSPS) is 12.1. The summed E-state index contributed by atoms with van der Waals surface area (Å²) in [5.41, 5.74) is 0. The van der Waals surface area contributed by atoms with Crippen molar-refractivity contribution in [3.05, 3.63) is 24.3 Å². The predicted molar refractivity (Wildman–Crippen MR) is 284 cm³/mol. The van der Waals surface area contributed by atoms with Gasteiger partial charge >= 0.3 is 17.9 Å². The average Bonchev–Trinajstić information content (AvgIpc) is 3.31. The highest BCUT2D eigenvalue weighted by atomic mass is 16.6. The van der Waals surface area contributed by atoms with Gasteiger partial charge in [0.05, 0.1) is 0 Å². The van der Waals surface area contributed by atoms with E-state index in [4.69, 9.17) is 14.2 Å². The molecule has 0 rings (SSSR count). The standard InChI is InChI=1S/C60H112O6/c1-4-7-10-13-16-19-22-25-28-30-33-35-38-41-44-47-50-53-59(62)65-56-57(55-64-58(61)52-49-46-43-40-37-34-31-27-24-21-18-15-12-9-6-3)66-60(63)54-51-48-45-42-39-36-32-29-26-23-20-17-14-11-8-5-2/h18,21,27,31,57H,4-17,19-20,22-26,28-30,32-56H2,1-3H3/b21-18+,31-27+/t57-/m1/s1. The molecule has 0 aromatic carbocycles. The Morgan fingerprint density at radius 2 is 0.545 bits per heavy atom. The van der Waals surface area contributed by atoms with Gasteiger partial charge in [-0.25, -0.2) is 0 Å². The molecule has 0 saturated carbocycles. The van der Waals surface area contributed by atoms with Gasteiger partial charge < -0.3 is 14.2 Å². The number of carbonyl (C=O) groups excluding carboxylic acids is 3. The fourth-order valence-electron chi connectivity index (χ4n) is 8.77. The minimum absolute atomic E-state index is 0.0700. The van der Waals surface area contributed by atoms with E-state index in [1.165, 1.54) is 205 Å². The number of hydrogen-bond donors (Lipinski definition) is 0. The Morgan fingerprint density at radius 1 is 0.303 bits per heavy atom. The number of allylic oxidation sites excluding steroid dienone is 4. The second-order valence-electron chi connectivity index (χ2n) is 19.9. The lowest BCUT2D eigenvalue weighted by molar-refractivity contribution is -0.167. The lowest BCUT2D eigenvalue weighted by Crippen LogP contribution is -2.30. The molecule has 0 radical (unpaired) electrons. The van der Waals surface area contributed by atoms with Crippen molar-refractivity contribution in [2.24, 2.45) is 0 Å².